The van der Waals surface area contributed by atoms with Crippen molar-refractivity contribution in [1.82, 2.24) is 4.98 Å². The highest BCUT2D eigenvalue weighted by molar-refractivity contribution is 6.18. The van der Waals surface area contributed by atoms with Gasteiger partial charge in [0.15, 0.2) is 0 Å². The van der Waals surface area contributed by atoms with E-state index >= 15 is 0 Å². The summed E-state index contributed by atoms with van der Waals surface area (Å²) in [5.74, 6) is 0. The van der Waals surface area contributed by atoms with Crippen LogP contribution < -0.4 is 0 Å². The first-order chi connectivity index (χ1) is 18.1. The first kappa shape index (κ1) is 22.8. The zero-order chi connectivity index (χ0) is 25.2. The van der Waals surface area contributed by atoms with Crippen LogP contribution in [-0.2, 0) is 0 Å². The third-order valence-electron chi connectivity index (χ3n) is 6.81. The summed E-state index contributed by atoms with van der Waals surface area (Å²) in [6.45, 7) is 4.24. The first-order valence-corrected chi connectivity index (χ1v) is 12.6. The Morgan fingerprint density at radius 2 is 1.16 bits per heavy atom. The van der Waals surface area contributed by atoms with Gasteiger partial charge in [0.2, 0.25) is 0 Å². The van der Waals surface area contributed by atoms with E-state index in [0.717, 1.165) is 45.1 Å². The number of benzene rings is 4. The number of nitrogens with zero attached hydrogens (tertiary/aromatic N) is 1. The van der Waals surface area contributed by atoms with Crippen molar-refractivity contribution in [2.75, 3.05) is 0 Å². The van der Waals surface area contributed by atoms with Gasteiger partial charge < -0.3 is 4.98 Å². The maximum atomic E-state index is 5.13. The fourth-order valence-electron chi connectivity index (χ4n) is 4.73. The summed E-state index contributed by atoms with van der Waals surface area (Å²) in [7, 11) is 0. The van der Waals surface area contributed by atoms with Gasteiger partial charge in [0.05, 0.1) is 11.4 Å². The fourth-order valence-corrected chi connectivity index (χ4v) is 4.73. The number of nitrogens with one attached hydrogen (secondary N) is 1. The molecule has 1 aliphatic heterocycles. The van der Waals surface area contributed by atoms with Crippen LogP contribution in [-0.4, -0.2) is 10.7 Å². The van der Waals surface area contributed by atoms with Gasteiger partial charge in [-0.15, -0.1) is 0 Å². The van der Waals surface area contributed by atoms with E-state index in [1.165, 1.54) is 22.3 Å². The number of allylic oxidation sites excluding steroid dienone is 2. The minimum atomic E-state index is 0.956. The van der Waals surface area contributed by atoms with Gasteiger partial charge >= 0.3 is 0 Å². The molecule has 6 rings (SSSR count). The SMILES string of the molecule is Cc1ccc(C2=CC(c3ccccc3)=NC2=Cc2[nH]c(-c3ccccc3)cc2-c2ccc(C)cc2)cc1. The highest BCUT2D eigenvalue weighted by Crippen LogP contribution is 2.36. The number of aromatic nitrogens is 1. The van der Waals surface area contributed by atoms with Gasteiger partial charge in [-0.05, 0) is 48.8 Å². The molecule has 0 unspecified atom stereocenters. The topological polar surface area (TPSA) is 28.1 Å². The molecule has 2 heterocycles. The first-order valence-electron chi connectivity index (χ1n) is 12.6. The Morgan fingerprint density at radius 3 is 1.78 bits per heavy atom. The second-order valence-corrected chi connectivity index (χ2v) is 9.56. The lowest BCUT2D eigenvalue weighted by molar-refractivity contribution is 1.35. The zero-order valence-corrected chi connectivity index (χ0v) is 21.1. The van der Waals surface area contributed by atoms with Crippen molar-refractivity contribution in [3.8, 4) is 22.4 Å². The minimum Gasteiger partial charge on any atom is -0.354 e. The van der Waals surface area contributed by atoms with Crippen molar-refractivity contribution in [2.45, 2.75) is 13.8 Å². The molecule has 0 saturated carbocycles. The maximum absolute atomic E-state index is 5.13. The molecule has 5 aromatic rings. The van der Waals surface area contributed by atoms with Crippen molar-refractivity contribution < 1.29 is 0 Å². The number of aromatic amines is 1. The monoisotopic (exact) mass is 476 g/mol. The van der Waals surface area contributed by atoms with Crippen LogP contribution in [0.25, 0.3) is 34.0 Å². The molecule has 0 radical (unpaired) electrons. The fraction of sp³-hybridized carbons (Fsp3) is 0.0571. The lowest BCUT2D eigenvalue weighted by atomic mass is 9.99. The molecule has 0 amide bonds. The highest BCUT2D eigenvalue weighted by Gasteiger charge is 2.19. The van der Waals surface area contributed by atoms with Crippen LogP contribution >= 0.6 is 0 Å². The average molecular weight is 477 g/mol. The zero-order valence-electron chi connectivity index (χ0n) is 21.1. The van der Waals surface area contributed by atoms with Crippen molar-refractivity contribution in [3.63, 3.8) is 0 Å². The number of hydrogen-bond acceptors (Lipinski definition) is 1. The molecule has 4 aromatic carbocycles. The summed E-state index contributed by atoms with van der Waals surface area (Å²) in [4.78, 5) is 8.83. The molecule has 37 heavy (non-hydrogen) atoms. The van der Waals surface area contributed by atoms with Gasteiger partial charge in [-0.1, -0.05) is 120 Å². The molecular formula is C35H28N2. The van der Waals surface area contributed by atoms with Crippen LogP contribution in [0.4, 0.5) is 0 Å². The van der Waals surface area contributed by atoms with Crippen LogP contribution in [0.5, 0.6) is 0 Å². The van der Waals surface area contributed by atoms with E-state index in [0.29, 0.717) is 0 Å². The molecule has 2 heteroatoms. The van der Waals surface area contributed by atoms with Crippen LogP contribution in [0.2, 0.25) is 0 Å². The summed E-state index contributed by atoms with van der Waals surface area (Å²) in [6.07, 6.45) is 4.40. The molecule has 0 aliphatic carbocycles. The molecule has 0 fully saturated rings. The predicted molar refractivity (Wildman–Crippen MR) is 157 cm³/mol. The number of aryl methyl sites for hydroxylation is 2. The standard InChI is InChI=1S/C35H28N2/c1-24-13-17-26(18-14-24)30-21-32(28-9-5-3-6-10-28)36-34(30)23-35-31(27-19-15-25(2)16-20-27)22-33(37-35)29-11-7-4-8-12-29/h3-23,36H,1-2H3. The van der Waals surface area contributed by atoms with E-state index in [1.54, 1.807) is 0 Å². The van der Waals surface area contributed by atoms with Gasteiger partial charge in [-0.2, -0.15) is 0 Å². The van der Waals surface area contributed by atoms with Crippen molar-refractivity contribution >= 4 is 17.4 Å². The van der Waals surface area contributed by atoms with E-state index in [1.807, 2.05) is 12.1 Å². The van der Waals surface area contributed by atoms with Gasteiger partial charge in [0, 0.05) is 28.1 Å². The molecular weight excluding hydrogens is 448 g/mol. The van der Waals surface area contributed by atoms with Gasteiger partial charge in [-0.25, -0.2) is 4.99 Å². The largest absolute Gasteiger partial charge is 0.354 e. The Bertz CT molecular complexity index is 1630. The average Bonchev–Trinajstić information content (AvgIpc) is 3.56. The lowest BCUT2D eigenvalue weighted by Crippen LogP contribution is -1.92. The quantitative estimate of drug-likeness (QED) is 0.262. The van der Waals surface area contributed by atoms with Crippen LogP contribution in [0.3, 0.4) is 0 Å². The summed E-state index contributed by atoms with van der Waals surface area (Å²) in [5.41, 5.74) is 13.5. The number of H-pyrrole nitrogens is 1. The Morgan fingerprint density at radius 1 is 0.595 bits per heavy atom. The molecule has 0 spiro atoms. The predicted octanol–water partition coefficient (Wildman–Crippen LogP) is 8.89. The molecule has 1 N–H and O–H groups in total. The Hall–Kier alpha value is -4.69. The molecule has 2 nitrogen and oxygen atoms in total. The van der Waals surface area contributed by atoms with Gasteiger partial charge in [0.1, 0.15) is 0 Å². The Labute approximate surface area is 218 Å². The van der Waals surface area contributed by atoms with Gasteiger partial charge in [0.25, 0.3) is 0 Å². The number of hydrogen-bond donors (Lipinski definition) is 1. The second kappa shape index (κ2) is 9.75. The smallest absolute Gasteiger partial charge is 0.0737 e. The third kappa shape index (κ3) is 4.74. The normalized spacial score (nSPS) is 14.1. The lowest BCUT2D eigenvalue weighted by Gasteiger charge is -2.06. The minimum absolute atomic E-state index is 0.956. The second-order valence-electron chi connectivity index (χ2n) is 9.56. The van der Waals surface area contributed by atoms with E-state index in [9.17, 15) is 0 Å². The molecule has 0 bridgehead atoms. The third-order valence-corrected chi connectivity index (χ3v) is 6.81. The van der Waals surface area contributed by atoms with Crippen molar-refractivity contribution in [2.24, 2.45) is 4.99 Å². The van der Waals surface area contributed by atoms with E-state index in [4.69, 9.17) is 4.99 Å². The maximum Gasteiger partial charge on any atom is 0.0737 e. The molecule has 0 atom stereocenters. The van der Waals surface area contributed by atoms with Crippen LogP contribution in [0.1, 0.15) is 27.9 Å². The van der Waals surface area contributed by atoms with Gasteiger partial charge in [-0.3, -0.25) is 0 Å². The summed E-state index contributed by atoms with van der Waals surface area (Å²) < 4.78 is 0. The Balaban J connectivity index is 1.52. The van der Waals surface area contributed by atoms with E-state index in [2.05, 4.69) is 134 Å². The molecule has 1 aliphatic rings. The Kier molecular flexibility index (Phi) is 6.00. The molecule has 1 aromatic heterocycles. The van der Waals surface area contributed by atoms with E-state index < -0.39 is 0 Å². The highest BCUT2D eigenvalue weighted by atomic mass is 14.8. The van der Waals surface area contributed by atoms with E-state index in [-0.39, 0.29) is 0 Å². The van der Waals surface area contributed by atoms with Crippen LogP contribution in [0, 0.1) is 13.8 Å². The molecule has 178 valence electrons. The van der Waals surface area contributed by atoms with Crippen molar-refractivity contribution in [3.05, 3.63) is 155 Å². The number of aliphatic imine (C=N–C) groups is 1. The summed E-state index contributed by atoms with van der Waals surface area (Å²) in [6, 6.07) is 40.5. The molecule has 0 saturated heterocycles. The summed E-state index contributed by atoms with van der Waals surface area (Å²) >= 11 is 0. The number of rotatable bonds is 5. The van der Waals surface area contributed by atoms with Crippen molar-refractivity contribution in [1.29, 1.82) is 0 Å². The summed E-state index contributed by atoms with van der Waals surface area (Å²) in [5, 5.41) is 0. The van der Waals surface area contributed by atoms with Crippen LogP contribution in [0.15, 0.2) is 132 Å².